The summed E-state index contributed by atoms with van der Waals surface area (Å²) in [4.78, 5) is 4.30. The monoisotopic (exact) mass is 442 g/mol. The number of aromatic nitrogens is 4. The van der Waals surface area contributed by atoms with Crippen molar-refractivity contribution in [3.8, 4) is 0 Å². The Labute approximate surface area is 193 Å². The number of aliphatic hydroxyl groups is 1. The lowest BCUT2D eigenvalue weighted by Gasteiger charge is -2.34. The molecule has 1 aliphatic rings. The molecule has 7 nitrogen and oxygen atoms in total. The molecule has 5 rings (SSSR count). The fourth-order valence-corrected chi connectivity index (χ4v) is 5.18. The summed E-state index contributed by atoms with van der Waals surface area (Å²) in [6, 6.07) is 23.0. The third-order valence-electron chi connectivity index (χ3n) is 6.83. The van der Waals surface area contributed by atoms with E-state index in [9.17, 15) is 5.11 Å². The van der Waals surface area contributed by atoms with Crippen molar-refractivity contribution in [3.05, 3.63) is 83.4 Å². The number of rotatable bonds is 7. The highest BCUT2D eigenvalue weighted by atomic mass is 16.3. The molecule has 33 heavy (non-hydrogen) atoms. The molecule has 4 atom stereocenters. The van der Waals surface area contributed by atoms with Crippen molar-refractivity contribution in [3.63, 3.8) is 0 Å². The van der Waals surface area contributed by atoms with Gasteiger partial charge in [-0.2, -0.15) is 10.3 Å². The zero-order valence-corrected chi connectivity index (χ0v) is 18.6. The molecular weight excluding hydrogens is 412 g/mol. The molecule has 1 saturated carbocycles. The average Bonchev–Trinajstić information content (AvgIpc) is 3.31. The highest BCUT2D eigenvalue weighted by Crippen LogP contribution is 2.34. The van der Waals surface area contributed by atoms with Gasteiger partial charge in [-0.1, -0.05) is 60.7 Å². The maximum Gasteiger partial charge on any atom is 0.203 e. The summed E-state index contributed by atoms with van der Waals surface area (Å²) in [5.41, 5.74) is 10.9. The molecule has 5 N–H and O–H groups in total. The van der Waals surface area contributed by atoms with E-state index in [0.717, 1.165) is 43.3 Å². The number of nitrogen functional groups attached to an aromatic ring is 1. The molecule has 1 fully saturated rings. The normalized spacial score (nSPS) is 21.8. The minimum Gasteiger partial charge on any atom is -0.392 e. The lowest BCUT2D eigenvalue weighted by Crippen LogP contribution is -2.40. The predicted octanol–water partition coefficient (Wildman–Crippen LogP) is 3.74. The quantitative estimate of drug-likeness (QED) is 0.347. The smallest absolute Gasteiger partial charge is 0.203 e. The van der Waals surface area contributed by atoms with Gasteiger partial charge in [-0.25, -0.2) is 4.98 Å². The van der Waals surface area contributed by atoms with Gasteiger partial charge >= 0.3 is 0 Å². The van der Waals surface area contributed by atoms with Gasteiger partial charge in [-0.15, -0.1) is 5.10 Å². The number of fused-ring (bicyclic) bond motifs is 1. The lowest BCUT2D eigenvalue weighted by molar-refractivity contribution is 0.0889. The Morgan fingerprint density at radius 2 is 1.79 bits per heavy atom. The molecular formula is C26H30N6O. The van der Waals surface area contributed by atoms with Crippen molar-refractivity contribution < 1.29 is 5.11 Å². The van der Waals surface area contributed by atoms with E-state index in [-0.39, 0.29) is 17.9 Å². The second-order valence-electron chi connectivity index (χ2n) is 8.93. The Morgan fingerprint density at radius 3 is 2.55 bits per heavy atom. The summed E-state index contributed by atoms with van der Waals surface area (Å²) >= 11 is 0. The molecule has 0 spiro atoms. The van der Waals surface area contributed by atoms with E-state index < -0.39 is 0 Å². The Morgan fingerprint density at radius 1 is 1.03 bits per heavy atom. The largest absolute Gasteiger partial charge is 0.392 e. The van der Waals surface area contributed by atoms with E-state index in [1.807, 2.05) is 30.3 Å². The van der Waals surface area contributed by atoms with Crippen molar-refractivity contribution in [2.75, 3.05) is 12.3 Å². The van der Waals surface area contributed by atoms with Crippen LogP contribution in [0.25, 0.3) is 11.2 Å². The number of benzene rings is 2. The second kappa shape index (κ2) is 9.68. The number of anilines is 1. The molecule has 170 valence electrons. The molecule has 0 amide bonds. The minimum absolute atomic E-state index is 0.113. The topological polar surface area (TPSA) is 113 Å². The van der Waals surface area contributed by atoms with Gasteiger partial charge in [0.1, 0.15) is 11.3 Å². The number of nitrogens with zero attached hydrogens (tertiary/aromatic N) is 3. The number of H-pyrrole nitrogens is 1. The van der Waals surface area contributed by atoms with Crippen LogP contribution in [-0.2, 0) is 0 Å². The van der Waals surface area contributed by atoms with E-state index in [1.54, 1.807) is 0 Å². The van der Waals surface area contributed by atoms with Crippen LogP contribution >= 0.6 is 0 Å². The van der Waals surface area contributed by atoms with E-state index in [0.29, 0.717) is 17.5 Å². The third-order valence-corrected chi connectivity index (χ3v) is 6.83. The summed E-state index contributed by atoms with van der Waals surface area (Å²) in [5.74, 6) is 0.784. The van der Waals surface area contributed by atoms with E-state index in [2.05, 4.69) is 62.1 Å². The van der Waals surface area contributed by atoms with Crippen LogP contribution in [0, 0.1) is 0 Å². The molecule has 1 aliphatic carbocycles. The van der Waals surface area contributed by atoms with Gasteiger partial charge in [0.2, 0.25) is 5.65 Å². The van der Waals surface area contributed by atoms with E-state index in [4.69, 9.17) is 5.73 Å². The molecule has 2 heterocycles. The molecule has 0 aliphatic heterocycles. The van der Waals surface area contributed by atoms with Crippen LogP contribution in [0.4, 0.5) is 5.82 Å². The first kappa shape index (κ1) is 21.6. The molecule has 2 aromatic heterocycles. The fourth-order valence-electron chi connectivity index (χ4n) is 5.18. The van der Waals surface area contributed by atoms with Gasteiger partial charge in [0.25, 0.3) is 0 Å². The fraction of sp³-hybridized carbons (Fsp3) is 0.346. The predicted molar refractivity (Wildman–Crippen MR) is 130 cm³/mol. The summed E-state index contributed by atoms with van der Waals surface area (Å²) in [5, 5.41) is 25.7. The first-order valence-corrected chi connectivity index (χ1v) is 11.7. The van der Waals surface area contributed by atoms with E-state index in [1.165, 1.54) is 11.1 Å². The summed E-state index contributed by atoms with van der Waals surface area (Å²) in [6.45, 7) is 0.828. The lowest BCUT2D eigenvalue weighted by atomic mass is 9.79. The Balaban J connectivity index is 1.28. The molecule has 2 aromatic carbocycles. The van der Waals surface area contributed by atoms with Gasteiger partial charge < -0.3 is 16.2 Å². The summed E-state index contributed by atoms with van der Waals surface area (Å²) in [7, 11) is 0. The van der Waals surface area contributed by atoms with Gasteiger partial charge in [0.05, 0.1) is 6.10 Å². The number of aliphatic hydroxyl groups excluding tert-OH is 1. The Kier molecular flexibility index (Phi) is 6.32. The maximum atomic E-state index is 10.8. The Bertz CT molecular complexity index is 1180. The summed E-state index contributed by atoms with van der Waals surface area (Å²) < 4.78 is 0. The first-order chi connectivity index (χ1) is 16.2. The maximum absolute atomic E-state index is 10.8. The number of nitrogens with two attached hydrogens (primary N) is 1. The molecule has 0 saturated heterocycles. The number of pyridine rings is 1. The van der Waals surface area contributed by atoms with Crippen LogP contribution in [0.5, 0.6) is 0 Å². The minimum atomic E-state index is -0.321. The van der Waals surface area contributed by atoms with Crippen LogP contribution < -0.4 is 11.1 Å². The SMILES string of the molecule is Nc1cc(C(CCNC2CC[C@H](c3ccccc3)[C@@H](O)C2)c2ccccc2)c2n[nH]nc2n1. The van der Waals surface area contributed by atoms with Gasteiger partial charge in [0.15, 0.2) is 0 Å². The van der Waals surface area contributed by atoms with Crippen LogP contribution in [-0.4, -0.2) is 44.2 Å². The molecule has 0 radical (unpaired) electrons. The number of nitrogens with one attached hydrogen (secondary N) is 2. The number of hydrogen-bond donors (Lipinski definition) is 4. The molecule has 4 aromatic rings. The highest BCUT2D eigenvalue weighted by molar-refractivity contribution is 5.77. The van der Waals surface area contributed by atoms with Crippen LogP contribution in [0.2, 0.25) is 0 Å². The number of aromatic amines is 1. The highest BCUT2D eigenvalue weighted by Gasteiger charge is 2.30. The van der Waals surface area contributed by atoms with Crippen molar-refractivity contribution in [2.45, 2.75) is 49.7 Å². The van der Waals surface area contributed by atoms with Crippen LogP contribution in [0.3, 0.4) is 0 Å². The van der Waals surface area contributed by atoms with Crippen LogP contribution in [0.1, 0.15) is 54.2 Å². The van der Waals surface area contributed by atoms with E-state index >= 15 is 0 Å². The van der Waals surface area contributed by atoms with Gasteiger partial charge in [-0.3, -0.25) is 0 Å². The number of hydrogen-bond acceptors (Lipinski definition) is 6. The Hall–Kier alpha value is -3.29. The van der Waals surface area contributed by atoms with Crippen molar-refractivity contribution in [1.29, 1.82) is 0 Å². The second-order valence-corrected chi connectivity index (χ2v) is 8.93. The molecule has 0 bridgehead atoms. The third kappa shape index (κ3) is 4.74. The van der Waals surface area contributed by atoms with Crippen LogP contribution in [0.15, 0.2) is 66.7 Å². The first-order valence-electron chi connectivity index (χ1n) is 11.7. The standard InChI is InChI=1S/C26H30N6O/c27-24-16-22(25-26(29-24)31-32-30-25)20(17-7-3-1-4-8-17)13-14-28-19-11-12-21(23(33)15-19)18-9-5-2-6-10-18/h1-10,16,19-21,23,28,33H,11-15H2,(H3,27,29,30,31,32)/t19?,20?,21-,23+/m1/s1. The summed E-state index contributed by atoms with van der Waals surface area (Å²) in [6.07, 6.45) is 3.38. The molecule has 2 unspecified atom stereocenters. The van der Waals surface area contributed by atoms with Gasteiger partial charge in [-0.05, 0) is 55.0 Å². The van der Waals surface area contributed by atoms with Gasteiger partial charge in [0, 0.05) is 17.9 Å². The van der Waals surface area contributed by atoms with Crippen molar-refractivity contribution in [2.24, 2.45) is 0 Å². The van der Waals surface area contributed by atoms with Crippen molar-refractivity contribution >= 4 is 17.0 Å². The van der Waals surface area contributed by atoms with Crippen molar-refractivity contribution in [1.82, 2.24) is 25.7 Å². The average molecular weight is 443 g/mol. The molecule has 7 heteroatoms. The zero-order chi connectivity index (χ0) is 22.6. The zero-order valence-electron chi connectivity index (χ0n) is 18.6.